The highest BCUT2D eigenvalue weighted by Crippen LogP contribution is 2.39. The summed E-state index contributed by atoms with van der Waals surface area (Å²) < 4.78 is 12.6. The molecule has 414 valence electrons. The molecular formula is C70H78N4O6. The Morgan fingerprint density at radius 2 is 0.675 bits per heavy atom. The summed E-state index contributed by atoms with van der Waals surface area (Å²) in [6.45, 7) is 5.83. The van der Waals surface area contributed by atoms with E-state index in [-0.39, 0.29) is 11.1 Å². The Morgan fingerprint density at radius 3 is 0.988 bits per heavy atom. The lowest BCUT2D eigenvalue weighted by Gasteiger charge is -2.09. The smallest absolute Gasteiger partial charge is 0.335 e. The molecule has 0 radical (unpaired) electrons. The number of aromatic amines is 2. The van der Waals surface area contributed by atoms with Crippen molar-refractivity contribution in [2.75, 3.05) is 13.2 Å². The number of benzene rings is 4. The Bertz CT molecular complexity index is 3210. The highest BCUT2D eigenvalue weighted by Gasteiger charge is 2.21. The fourth-order valence-electron chi connectivity index (χ4n) is 11.0. The van der Waals surface area contributed by atoms with Crippen LogP contribution in [-0.2, 0) is 0 Å². The van der Waals surface area contributed by atoms with Crippen molar-refractivity contribution < 1.29 is 29.3 Å². The highest BCUT2D eigenvalue weighted by molar-refractivity contribution is 6.01. The maximum atomic E-state index is 12.5. The topological polar surface area (TPSA) is 150 Å². The van der Waals surface area contributed by atoms with Crippen LogP contribution in [0.3, 0.4) is 0 Å². The minimum absolute atomic E-state index is 0.166. The lowest BCUT2D eigenvalue weighted by molar-refractivity contribution is 0.0686. The van der Waals surface area contributed by atoms with E-state index >= 15 is 0 Å². The van der Waals surface area contributed by atoms with Gasteiger partial charge in [0.15, 0.2) is 0 Å². The number of aromatic nitrogens is 4. The number of carbonyl (C=O) groups is 2. The van der Waals surface area contributed by atoms with Gasteiger partial charge in [-0.1, -0.05) is 178 Å². The molecule has 5 heterocycles. The van der Waals surface area contributed by atoms with E-state index in [1.165, 1.54) is 103 Å². The predicted octanol–water partition coefficient (Wildman–Crippen LogP) is 19.3. The van der Waals surface area contributed by atoms with Crippen LogP contribution < -0.4 is 9.47 Å². The summed E-state index contributed by atoms with van der Waals surface area (Å²) in [7, 11) is 0. The van der Waals surface area contributed by atoms with Crippen molar-refractivity contribution in [3.8, 4) is 56.0 Å². The molecule has 10 heteroatoms. The number of unbranched alkanes of at least 4 members (excludes halogenated alkanes) is 18. The molecule has 2 aliphatic heterocycles. The lowest BCUT2D eigenvalue weighted by atomic mass is 10.0. The van der Waals surface area contributed by atoms with Crippen molar-refractivity contribution in [3.63, 3.8) is 0 Å². The van der Waals surface area contributed by atoms with Gasteiger partial charge in [0, 0.05) is 44.3 Å². The normalized spacial score (nSPS) is 11.8. The Labute approximate surface area is 472 Å². The van der Waals surface area contributed by atoms with Gasteiger partial charge >= 0.3 is 11.9 Å². The Hall–Kier alpha value is -7.98. The minimum atomic E-state index is -1.02. The Morgan fingerprint density at radius 1 is 0.375 bits per heavy atom. The number of carboxylic acid groups (broad SMARTS) is 2. The Kier molecular flexibility index (Phi) is 20.4. The minimum Gasteiger partial charge on any atom is -0.494 e. The van der Waals surface area contributed by atoms with Crippen LogP contribution in [0.1, 0.15) is 186 Å². The fraction of sp³-hybridized carbons (Fsp3) is 0.343. The van der Waals surface area contributed by atoms with E-state index in [4.69, 9.17) is 19.4 Å². The second-order valence-corrected chi connectivity index (χ2v) is 21.4. The summed E-state index contributed by atoms with van der Waals surface area (Å²) in [5.41, 5.74) is 12.4. The third kappa shape index (κ3) is 14.8. The summed E-state index contributed by atoms with van der Waals surface area (Å²) >= 11 is 0. The monoisotopic (exact) mass is 1070 g/mol. The van der Waals surface area contributed by atoms with Gasteiger partial charge in [-0.05, 0) is 132 Å². The number of ether oxygens (including phenoxy) is 2. The standard InChI is InChI=1S/C70H78N4O6/c1-3-5-7-9-11-13-15-17-19-21-45-79-55-33-29-49(30-34-55)65-57-37-41-61(71-57)67(51-25-23-27-53(47-51)69(75)76)63-43-39-59(73-63)66(50-31-35-56(36-32-50)80-46-22-20-18-16-14-12-10-8-6-4-2)60-40-44-64(74-60)68(62-42-38-58(65)72-62)52-26-24-28-54(48-52)70(77)78/h23-44,47-48,71,74H,3-22,45-46H2,1-2H3,(H,75,76)(H,77,78). The second kappa shape index (κ2) is 28.8. The number of hydrogen-bond acceptors (Lipinski definition) is 6. The van der Waals surface area contributed by atoms with Crippen molar-refractivity contribution >= 4 is 58.3 Å². The van der Waals surface area contributed by atoms with Gasteiger partial charge in [-0.3, -0.25) is 0 Å². The van der Waals surface area contributed by atoms with Gasteiger partial charge in [-0.15, -0.1) is 0 Å². The summed E-state index contributed by atoms with van der Waals surface area (Å²) in [5, 5.41) is 20.4. The molecule has 0 saturated heterocycles. The molecule has 0 saturated carbocycles. The van der Waals surface area contributed by atoms with E-state index in [2.05, 4.69) is 48.1 Å². The number of nitrogens with one attached hydrogen (secondary N) is 2. The molecule has 4 N–H and O–H groups in total. The average Bonchev–Trinajstić information content (AvgIpc) is 4.36. The van der Waals surface area contributed by atoms with Crippen molar-refractivity contribution in [2.45, 2.75) is 142 Å². The molecule has 0 spiro atoms. The van der Waals surface area contributed by atoms with E-state index < -0.39 is 11.9 Å². The van der Waals surface area contributed by atoms with Crippen LogP contribution in [0.4, 0.5) is 0 Å². The first kappa shape index (κ1) is 56.7. The molecular weight excluding hydrogens is 993 g/mol. The zero-order valence-corrected chi connectivity index (χ0v) is 46.8. The second-order valence-electron chi connectivity index (χ2n) is 21.4. The molecule has 7 aromatic rings. The number of carboxylic acids is 2. The van der Waals surface area contributed by atoms with Gasteiger partial charge in [-0.2, -0.15) is 0 Å². The van der Waals surface area contributed by atoms with E-state index in [0.29, 0.717) is 47.1 Å². The molecule has 3 aromatic heterocycles. The highest BCUT2D eigenvalue weighted by atomic mass is 16.5. The van der Waals surface area contributed by atoms with Gasteiger partial charge in [-0.25, -0.2) is 19.6 Å². The molecule has 0 unspecified atom stereocenters. The largest absolute Gasteiger partial charge is 0.494 e. The van der Waals surface area contributed by atoms with Crippen molar-refractivity contribution in [1.82, 2.24) is 19.9 Å². The third-order valence-electron chi connectivity index (χ3n) is 15.4. The number of hydrogen-bond donors (Lipinski definition) is 4. The quantitative estimate of drug-likeness (QED) is 0.0325. The van der Waals surface area contributed by atoms with Crippen molar-refractivity contribution in [1.29, 1.82) is 0 Å². The molecule has 0 aliphatic carbocycles. The number of rotatable bonds is 30. The first-order valence-corrected chi connectivity index (χ1v) is 29.6. The maximum Gasteiger partial charge on any atom is 0.335 e. The molecule has 4 aromatic carbocycles. The molecule has 9 rings (SSSR count). The fourth-order valence-corrected chi connectivity index (χ4v) is 11.0. The number of H-pyrrole nitrogens is 2. The van der Waals surface area contributed by atoms with Crippen molar-refractivity contribution in [3.05, 3.63) is 155 Å². The van der Waals surface area contributed by atoms with Gasteiger partial charge in [0.1, 0.15) is 11.5 Å². The van der Waals surface area contributed by atoms with E-state index in [1.54, 1.807) is 36.4 Å². The van der Waals surface area contributed by atoms with Gasteiger partial charge in [0.2, 0.25) is 0 Å². The van der Waals surface area contributed by atoms with E-state index in [1.807, 2.05) is 85.0 Å². The number of aromatic carboxylic acids is 2. The van der Waals surface area contributed by atoms with Crippen LogP contribution in [0, 0.1) is 0 Å². The molecule has 0 amide bonds. The third-order valence-corrected chi connectivity index (χ3v) is 15.4. The lowest BCUT2D eigenvalue weighted by Crippen LogP contribution is -1.97. The molecule has 10 nitrogen and oxygen atoms in total. The summed E-state index contributed by atoms with van der Waals surface area (Å²) in [5.74, 6) is -0.446. The van der Waals surface area contributed by atoms with Gasteiger partial charge in [0.05, 0.1) is 47.1 Å². The summed E-state index contributed by atoms with van der Waals surface area (Å²) in [6.07, 6.45) is 33.2. The maximum absolute atomic E-state index is 12.5. The van der Waals surface area contributed by atoms with Crippen LogP contribution in [-0.4, -0.2) is 55.3 Å². The van der Waals surface area contributed by atoms with Crippen LogP contribution in [0.25, 0.3) is 90.9 Å². The SMILES string of the molecule is CCCCCCCCCCCCOc1ccc(-c2c3nc(c(-c4cccc(C(=O)O)c4)c4ccc([nH]4)c(-c4ccc(OCCCCCCCCCCCC)cc4)c4nc(c(-c5cccc(C(=O)O)c5)c5ccc2[nH]5)C=C4)C=C3)cc1. The van der Waals surface area contributed by atoms with Crippen LogP contribution in [0.15, 0.2) is 121 Å². The molecule has 80 heavy (non-hydrogen) atoms. The van der Waals surface area contributed by atoms with Crippen LogP contribution in [0.2, 0.25) is 0 Å². The molecule has 8 bridgehead atoms. The predicted molar refractivity (Wildman–Crippen MR) is 329 cm³/mol. The zero-order valence-electron chi connectivity index (χ0n) is 46.8. The van der Waals surface area contributed by atoms with E-state index in [9.17, 15) is 19.8 Å². The Balaban J connectivity index is 1.11. The number of nitrogens with zero attached hydrogens (tertiary/aromatic N) is 2. The first-order chi connectivity index (χ1) is 39.3. The van der Waals surface area contributed by atoms with Crippen LogP contribution in [0.5, 0.6) is 11.5 Å². The van der Waals surface area contributed by atoms with Crippen LogP contribution >= 0.6 is 0 Å². The van der Waals surface area contributed by atoms with Gasteiger partial charge < -0.3 is 29.7 Å². The molecule has 0 atom stereocenters. The van der Waals surface area contributed by atoms with Crippen molar-refractivity contribution in [2.24, 2.45) is 0 Å². The first-order valence-electron chi connectivity index (χ1n) is 29.6. The van der Waals surface area contributed by atoms with E-state index in [0.717, 1.165) is 92.6 Å². The zero-order chi connectivity index (χ0) is 55.5. The molecule has 0 fully saturated rings. The number of fused-ring (bicyclic) bond motifs is 8. The summed E-state index contributed by atoms with van der Waals surface area (Å²) in [6, 6.07) is 38.4. The summed E-state index contributed by atoms with van der Waals surface area (Å²) in [4.78, 5) is 43.2. The van der Waals surface area contributed by atoms with Gasteiger partial charge in [0.25, 0.3) is 0 Å². The molecule has 2 aliphatic rings. The average molecular weight is 1070 g/mol.